The quantitative estimate of drug-likeness (QED) is 0.389. The van der Waals surface area contributed by atoms with Crippen LogP contribution in [0.25, 0.3) is 0 Å². The maximum Gasteiger partial charge on any atom is 0.310 e. The molecule has 0 heterocycles. The van der Waals surface area contributed by atoms with Crippen molar-refractivity contribution in [2.24, 2.45) is 45.3 Å². The molecule has 0 aromatic rings. The van der Waals surface area contributed by atoms with E-state index in [4.69, 9.17) is 0 Å². The topological polar surface area (TPSA) is 57.5 Å². The molecular weight excluding hydrogens is 420 g/mol. The molecule has 2 saturated carbocycles. The van der Waals surface area contributed by atoms with E-state index in [0.717, 1.165) is 31.3 Å². The van der Waals surface area contributed by atoms with Crippen molar-refractivity contribution in [3.63, 3.8) is 0 Å². The van der Waals surface area contributed by atoms with Gasteiger partial charge in [-0.25, -0.2) is 0 Å². The predicted octanol–water partition coefficient (Wildman–Crippen LogP) is 7.79. The van der Waals surface area contributed by atoms with E-state index in [9.17, 15) is 15.0 Å². The number of allylic oxidation sites excluding steroid dienone is 2. The molecule has 0 aromatic heterocycles. The number of hydrogen-bond donors (Lipinski definition) is 2. The van der Waals surface area contributed by atoms with Crippen LogP contribution in [0.5, 0.6) is 0 Å². The maximum absolute atomic E-state index is 11.4. The van der Waals surface area contributed by atoms with Crippen LogP contribution in [0.3, 0.4) is 0 Å². The summed E-state index contributed by atoms with van der Waals surface area (Å²) in [5.41, 5.74) is 5.28. The van der Waals surface area contributed by atoms with E-state index in [1.807, 2.05) is 0 Å². The first-order valence-corrected chi connectivity index (χ1v) is 14.0. The van der Waals surface area contributed by atoms with Gasteiger partial charge in [0.2, 0.25) is 0 Å². The van der Waals surface area contributed by atoms with Gasteiger partial charge in [-0.3, -0.25) is 4.79 Å². The van der Waals surface area contributed by atoms with Crippen molar-refractivity contribution in [2.45, 2.75) is 119 Å². The fourth-order valence-corrected chi connectivity index (χ4v) is 9.63. The van der Waals surface area contributed by atoms with Gasteiger partial charge < -0.3 is 10.2 Å². The molecule has 3 nitrogen and oxygen atoms in total. The second-order valence-corrected chi connectivity index (χ2v) is 14.0. The van der Waals surface area contributed by atoms with Crippen LogP contribution in [0.1, 0.15) is 113 Å². The lowest BCUT2D eigenvalue weighted by Crippen LogP contribution is -2.55. The van der Waals surface area contributed by atoms with Crippen molar-refractivity contribution in [1.82, 2.24) is 0 Å². The number of aliphatic hydroxyl groups excluding tert-OH is 1. The molecule has 4 aliphatic carbocycles. The Labute approximate surface area is 208 Å². The van der Waals surface area contributed by atoms with Gasteiger partial charge in [0.1, 0.15) is 0 Å². The SMILES string of the molecule is C=C(CC[C@H](C)[C@H]1CC[C@]2(C)C3=C(CC[C@@]12C)[C@@]1(C)CC[C@@H](O)C(C)(C)[C@H]1CC3)[C@H](C)C(=O)O. The molecule has 0 unspecified atom stereocenters. The lowest BCUT2D eigenvalue weighted by atomic mass is 9.43. The molecular formula is C31H50O3. The zero-order valence-corrected chi connectivity index (χ0v) is 23.0. The Balaban J connectivity index is 1.58. The number of rotatable bonds is 6. The van der Waals surface area contributed by atoms with Crippen LogP contribution in [0.4, 0.5) is 0 Å². The Bertz CT molecular complexity index is 883. The summed E-state index contributed by atoms with van der Waals surface area (Å²) < 4.78 is 0. The van der Waals surface area contributed by atoms with Gasteiger partial charge in [-0.05, 0) is 111 Å². The maximum atomic E-state index is 11.4. The molecule has 0 amide bonds. The van der Waals surface area contributed by atoms with Gasteiger partial charge in [0.05, 0.1) is 12.0 Å². The van der Waals surface area contributed by atoms with Gasteiger partial charge in [-0.2, -0.15) is 0 Å². The molecule has 192 valence electrons. The first kappa shape index (κ1) is 26.0. The van der Waals surface area contributed by atoms with E-state index in [-0.39, 0.29) is 22.3 Å². The van der Waals surface area contributed by atoms with E-state index in [1.54, 1.807) is 18.1 Å². The lowest BCUT2D eigenvalue weighted by Gasteiger charge is -2.62. The average molecular weight is 471 g/mol. The van der Waals surface area contributed by atoms with Crippen LogP contribution in [0.15, 0.2) is 23.3 Å². The van der Waals surface area contributed by atoms with Crippen molar-refractivity contribution >= 4 is 5.97 Å². The lowest BCUT2D eigenvalue weighted by molar-refractivity contribution is -0.139. The van der Waals surface area contributed by atoms with Gasteiger partial charge in [-0.15, -0.1) is 0 Å². The second-order valence-electron chi connectivity index (χ2n) is 14.0. The Hall–Kier alpha value is -1.09. The molecule has 0 saturated heterocycles. The van der Waals surface area contributed by atoms with Gasteiger partial charge in [0.25, 0.3) is 0 Å². The Kier molecular flexibility index (Phi) is 6.49. The van der Waals surface area contributed by atoms with Crippen molar-refractivity contribution in [1.29, 1.82) is 0 Å². The zero-order chi connectivity index (χ0) is 25.3. The highest BCUT2D eigenvalue weighted by Gasteiger charge is 2.63. The normalized spacial score (nSPS) is 42.9. The predicted molar refractivity (Wildman–Crippen MR) is 139 cm³/mol. The van der Waals surface area contributed by atoms with E-state index in [2.05, 4.69) is 48.1 Å². The molecule has 2 N–H and O–H groups in total. The van der Waals surface area contributed by atoms with Gasteiger partial charge in [-0.1, -0.05) is 64.8 Å². The number of fused-ring (bicyclic) bond motifs is 4. The third-order valence-electron chi connectivity index (χ3n) is 12.4. The van der Waals surface area contributed by atoms with Crippen LogP contribution >= 0.6 is 0 Å². The molecule has 0 bridgehead atoms. The van der Waals surface area contributed by atoms with Crippen LogP contribution in [-0.4, -0.2) is 22.3 Å². The summed E-state index contributed by atoms with van der Waals surface area (Å²) in [4.78, 5) is 11.4. The first-order chi connectivity index (χ1) is 15.7. The highest BCUT2D eigenvalue weighted by Crippen LogP contribution is 2.72. The molecule has 34 heavy (non-hydrogen) atoms. The molecule has 3 heteroatoms. The highest BCUT2D eigenvalue weighted by molar-refractivity contribution is 5.72. The monoisotopic (exact) mass is 470 g/mol. The number of aliphatic carboxylic acids is 1. The van der Waals surface area contributed by atoms with Gasteiger partial charge in [0, 0.05) is 0 Å². The van der Waals surface area contributed by atoms with Crippen LogP contribution in [-0.2, 0) is 4.79 Å². The summed E-state index contributed by atoms with van der Waals surface area (Å²) in [6, 6.07) is 0. The molecule has 0 aromatic carbocycles. The summed E-state index contributed by atoms with van der Waals surface area (Å²) in [6.07, 6.45) is 11.3. The third kappa shape index (κ3) is 3.58. The Morgan fingerprint density at radius 1 is 1.00 bits per heavy atom. The number of carboxylic acids is 1. The highest BCUT2D eigenvalue weighted by atomic mass is 16.4. The summed E-state index contributed by atoms with van der Waals surface area (Å²) >= 11 is 0. The first-order valence-electron chi connectivity index (χ1n) is 14.0. The van der Waals surface area contributed by atoms with Crippen molar-refractivity contribution in [3.05, 3.63) is 23.3 Å². The minimum absolute atomic E-state index is 0.00457. The fraction of sp³-hybridized carbons (Fsp3) is 0.839. The minimum Gasteiger partial charge on any atom is -0.481 e. The molecule has 0 spiro atoms. The van der Waals surface area contributed by atoms with Crippen molar-refractivity contribution < 1.29 is 15.0 Å². The number of carbonyl (C=O) groups is 1. The van der Waals surface area contributed by atoms with Crippen LogP contribution in [0.2, 0.25) is 0 Å². The molecule has 0 aliphatic heterocycles. The molecule has 2 fully saturated rings. The summed E-state index contributed by atoms with van der Waals surface area (Å²) in [6.45, 7) is 20.6. The number of aliphatic hydroxyl groups is 1. The smallest absolute Gasteiger partial charge is 0.310 e. The van der Waals surface area contributed by atoms with Crippen molar-refractivity contribution in [2.75, 3.05) is 0 Å². The second kappa shape index (κ2) is 8.49. The third-order valence-corrected chi connectivity index (χ3v) is 12.4. The standard InChI is InChI=1S/C31H50O3/c1-19(21(3)27(33)34)9-10-20(2)22-13-17-31(8)24-11-12-25-28(4,5)26(32)15-16-29(25,6)23(24)14-18-30(22,31)7/h20-22,25-26,32H,1,9-18H2,2-8H3,(H,33,34)/t20-,21-,22+,25+,26+,29+,30-,31+/m0/s1. The van der Waals surface area contributed by atoms with Crippen LogP contribution in [0, 0.1) is 45.3 Å². The number of carboxylic acid groups (broad SMARTS) is 1. The van der Waals surface area contributed by atoms with E-state index >= 15 is 0 Å². The number of hydrogen-bond acceptors (Lipinski definition) is 2. The van der Waals surface area contributed by atoms with Crippen LogP contribution < -0.4 is 0 Å². The van der Waals surface area contributed by atoms with E-state index in [1.165, 1.54) is 38.5 Å². The largest absolute Gasteiger partial charge is 0.481 e. The minimum atomic E-state index is -0.757. The Morgan fingerprint density at radius 2 is 1.68 bits per heavy atom. The molecule has 4 rings (SSSR count). The summed E-state index contributed by atoms with van der Waals surface area (Å²) in [7, 11) is 0. The summed E-state index contributed by atoms with van der Waals surface area (Å²) in [5.74, 6) is 0.645. The van der Waals surface area contributed by atoms with E-state index < -0.39 is 11.9 Å². The van der Waals surface area contributed by atoms with E-state index in [0.29, 0.717) is 23.2 Å². The average Bonchev–Trinajstić information content (AvgIpc) is 3.05. The van der Waals surface area contributed by atoms with Gasteiger partial charge in [0.15, 0.2) is 0 Å². The zero-order valence-electron chi connectivity index (χ0n) is 23.0. The Morgan fingerprint density at radius 3 is 2.32 bits per heavy atom. The molecule has 8 atom stereocenters. The summed E-state index contributed by atoms with van der Waals surface area (Å²) in [5, 5.41) is 20.2. The molecule has 0 radical (unpaired) electrons. The van der Waals surface area contributed by atoms with Crippen molar-refractivity contribution in [3.8, 4) is 0 Å². The molecule has 4 aliphatic rings. The fourth-order valence-electron chi connectivity index (χ4n) is 9.63. The van der Waals surface area contributed by atoms with Gasteiger partial charge >= 0.3 is 5.97 Å².